The lowest BCUT2D eigenvalue weighted by Gasteiger charge is -2.19. The molecule has 0 saturated carbocycles. The minimum atomic E-state index is -3.67. The summed E-state index contributed by atoms with van der Waals surface area (Å²) in [6, 6.07) is 11.7. The number of para-hydroxylation sites is 2. The van der Waals surface area contributed by atoms with E-state index in [2.05, 4.69) is 5.32 Å². The number of amides is 1. The van der Waals surface area contributed by atoms with Gasteiger partial charge in [0.2, 0.25) is 22.7 Å². The maximum absolute atomic E-state index is 13.0. The van der Waals surface area contributed by atoms with E-state index in [4.69, 9.17) is 14.2 Å². The molecule has 0 radical (unpaired) electrons. The summed E-state index contributed by atoms with van der Waals surface area (Å²) in [6.45, 7) is 2.09. The standard InChI is InChI=1S/C19H20N2O6S/c1-13(22)20-16-4-2-3-5-17(16)27-14-8-9-21(11-14)28(23,24)15-6-7-18-19(10-15)26-12-25-18/h2-7,10,14H,8-9,11-12H2,1H3,(H,20,22)/t14-/m0/s1. The van der Waals surface area contributed by atoms with Crippen LogP contribution in [0.5, 0.6) is 17.2 Å². The first kappa shape index (κ1) is 18.6. The van der Waals surface area contributed by atoms with Crippen molar-refractivity contribution in [3.8, 4) is 17.2 Å². The molecule has 0 spiro atoms. The van der Waals surface area contributed by atoms with E-state index in [0.717, 1.165) is 0 Å². The number of hydrogen-bond donors (Lipinski definition) is 1. The minimum absolute atomic E-state index is 0.0895. The van der Waals surface area contributed by atoms with Crippen LogP contribution in [0.25, 0.3) is 0 Å². The second-order valence-electron chi connectivity index (χ2n) is 6.58. The lowest BCUT2D eigenvalue weighted by molar-refractivity contribution is -0.114. The molecular formula is C19H20N2O6S. The molecule has 1 atom stereocenters. The van der Waals surface area contributed by atoms with Crippen molar-refractivity contribution in [1.29, 1.82) is 0 Å². The zero-order chi connectivity index (χ0) is 19.7. The van der Waals surface area contributed by atoms with Crippen molar-refractivity contribution in [2.75, 3.05) is 25.2 Å². The summed E-state index contributed by atoms with van der Waals surface area (Å²) in [4.78, 5) is 11.5. The molecule has 0 unspecified atom stereocenters. The van der Waals surface area contributed by atoms with Crippen molar-refractivity contribution in [3.05, 3.63) is 42.5 Å². The molecule has 0 aliphatic carbocycles. The molecule has 0 bridgehead atoms. The van der Waals surface area contributed by atoms with Gasteiger partial charge in [0, 0.05) is 19.5 Å². The molecule has 2 aliphatic rings. The number of carbonyl (C=O) groups excluding carboxylic acids is 1. The zero-order valence-electron chi connectivity index (χ0n) is 15.3. The monoisotopic (exact) mass is 404 g/mol. The molecule has 28 heavy (non-hydrogen) atoms. The molecule has 1 N–H and O–H groups in total. The smallest absolute Gasteiger partial charge is 0.243 e. The third kappa shape index (κ3) is 3.63. The highest BCUT2D eigenvalue weighted by Gasteiger charge is 2.34. The Morgan fingerprint density at radius 3 is 2.79 bits per heavy atom. The van der Waals surface area contributed by atoms with E-state index in [9.17, 15) is 13.2 Å². The van der Waals surface area contributed by atoms with E-state index in [1.807, 2.05) is 0 Å². The highest BCUT2D eigenvalue weighted by atomic mass is 32.2. The average molecular weight is 404 g/mol. The third-order valence-electron chi connectivity index (χ3n) is 4.58. The van der Waals surface area contributed by atoms with E-state index >= 15 is 0 Å². The summed E-state index contributed by atoms with van der Waals surface area (Å²) in [5, 5.41) is 2.72. The molecule has 2 aromatic rings. The lowest BCUT2D eigenvalue weighted by Crippen LogP contribution is -2.31. The Labute approximate surface area is 163 Å². The minimum Gasteiger partial charge on any atom is -0.487 e. The van der Waals surface area contributed by atoms with Gasteiger partial charge in [0.1, 0.15) is 11.9 Å². The summed E-state index contributed by atoms with van der Waals surface area (Å²) in [7, 11) is -3.67. The van der Waals surface area contributed by atoms with Gasteiger partial charge in [-0.2, -0.15) is 4.31 Å². The Hall–Kier alpha value is -2.78. The van der Waals surface area contributed by atoms with Crippen LogP contribution in [0.4, 0.5) is 5.69 Å². The topological polar surface area (TPSA) is 94.2 Å². The Kier molecular flexibility index (Phi) is 4.86. The molecule has 8 nitrogen and oxygen atoms in total. The van der Waals surface area contributed by atoms with Gasteiger partial charge >= 0.3 is 0 Å². The van der Waals surface area contributed by atoms with Crippen molar-refractivity contribution < 1.29 is 27.4 Å². The summed E-state index contributed by atoms with van der Waals surface area (Å²) >= 11 is 0. The predicted molar refractivity (Wildman–Crippen MR) is 101 cm³/mol. The zero-order valence-corrected chi connectivity index (χ0v) is 16.1. The number of anilines is 1. The predicted octanol–water partition coefficient (Wildman–Crippen LogP) is 2.22. The van der Waals surface area contributed by atoms with Crippen LogP contribution in [-0.2, 0) is 14.8 Å². The van der Waals surface area contributed by atoms with Crippen LogP contribution in [0, 0.1) is 0 Å². The van der Waals surface area contributed by atoms with E-state index < -0.39 is 10.0 Å². The second kappa shape index (κ2) is 7.33. The summed E-state index contributed by atoms with van der Waals surface area (Å²) in [5.41, 5.74) is 0.562. The molecule has 1 amide bonds. The first-order chi connectivity index (χ1) is 13.4. The Bertz CT molecular complexity index is 1010. The first-order valence-electron chi connectivity index (χ1n) is 8.86. The number of rotatable bonds is 5. The number of benzene rings is 2. The van der Waals surface area contributed by atoms with Crippen LogP contribution in [0.3, 0.4) is 0 Å². The van der Waals surface area contributed by atoms with Gasteiger partial charge in [0.05, 0.1) is 17.1 Å². The van der Waals surface area contributed by atoms with Crippen LogP contribution in [0.15, 0.2) is 47.4 Å². The van der Waals surface area contributed by atoms with E-state index in [-0.39, 0.29) is 30.2 Å². The highest BCUT2D eigenvalue weighted by Crippen LogP contribution is 2.35. The van der Waals surface area contributed by atoms with Crippen LogP contribution >= 0.6 is 0 Å². The van der Waals surface area contributed by atoms with Crippen molar-refractivity contribution in [2.45, 2.75) is 24.3 Å². The quantitative estimate of drug-likeness (QED) is 0.821. The van der Waals surface area contributed by atoms with Gasteiger partial charge in [-0.05, 0) is 30.7 Å². The maximum atomic E-state index is 13.0. The second-order valence-corrected chi connectivity index (χ2v) is 8.52. The van der Waals surface area contributed by atoms with Gasteiger partial charge in [-0.3, -0.25) is 4.79 Å². The molecule has 9 heteroatoms. The molecule has 2 aliphatic heterocycles. The average Bonchev–Trinajstić information content (AvgIpc) is 3.31. The van der Waals surface area contributed by atoms with Gasteiger partial charge in [-0.15, -0.1) is 0 Å². The molecule has 2 aromatic carbocycles. The fourth-order valence-corrected chi connectivity index (χ4v) is 4.74. The molecule has 148 valence electrons. The Balaban J connectivity index is 1.48. The molecule has 1 saturated heterocycles. The summed E-state index contributed by atoms with van der Waals surface area (Å²) in [5.74, 6) is 1.29. The molecule has 2 heterocycles. The third-order valence-corrected chi connectivity index (χ3v) is 6.44. The number of carbonyl (C=O) groups is 1. The summed E-state index contributed by atoms with van der Waals surface area (Å²) in [6.07, 6.45) is 0.247. The molecule has 4 rings (SSSR count). The van der Waals surface area contributed by atoms with Crippen molar-refractivity contribution in [3.63, 3.8) is 0 Å². The van der Waals surface area contributed by atoms with Crippen molar-refractivity contribution in [2.24, 2.45) is 0 Å². The van der Waals surface area contributed by atoms with Gasteiger partial charge < -0.3 is 19.5 Å². The molecule has 0 aromatic heterocycles. The number of fused-ring (bicyclic) bond motifs is 1. The van der Waals surface area contributed by atoms with Gasteiger partial charge in [0.15, 0.2) is 11.5 Å². The van der Waals surface area contributed by atoms with E-state index in [1.165, 1.54) is 23.4 Å². The number of nitrogens with one attached hydrogen (secondary N) is 1. The lowest BCUT2D eigenvalue weighted by atomic mass is 10.2. The number of nitrogens with zero attached hydrogens (tertiary/aromatic N) is 1. The number of hydrogen-bond acceptors (Lipinski definition) is 6. The largest absolute Gasteiger partial charge is 0.487 e. The maximum Gasteiger partial charge on any atom is 0.243 e. The number of ether oxygens (including phenoxy) is 3. The van der Waals surface area contributed by atoms with Crippen LogP contribution in [-0.4, -0.2) is 44.6 Å². The first-order valence-corrected chi connectivity index (χ1v) is 10.3. The fourth-order valence-electron chi connectivity index (χ4n) is 3.24. The summed E-state index contributed by atoms with van der Waals surface area (Å²) < 4.78 is 43.8. The van der Waals surface area contributed by atoms with Crippen molar-refractivity contribution in [1.82, 2.24) is 4.31 Å². The Morgan fingerprint density at radius 2 is 1.96 bits per heavy atom. The van der Waals surface area contributed by atoms with Crippen molar-refractivity contribution >= 4 is 21.6 Å². The fraction of sp³-hybridized carbons (Fsp3) is 0.316. The molecular weight excluding hydrogens is 384 g/mol. The highest BCUT2D eigenvalue weighted by molar-refractivity contribution is 7.89. The van der Waals surface area contributed by atoms with Gasteiger partial charge in [-0.1, -0.05) is 12.1 Å². The van der Waals surface area contributed by atoms with E-state index in [0.29, 0.717) is 35.9 Å². The normalized spacial score (nSPS) is 18.8. The van der Waals surface area contributed by atoms with E-state index in [1.54, 1.807) is 30.3 Å². The van der Waals surface area contributed by atoms with Crippen LogP contribution in [0.2, 0.25) is 0 Å². The number of sulfonamides is 1. The van der Waals surface area contributed by atoms with Gasteiger partial charge in [0.25, 0.3) is 0 Å². The SMILES string of the molecule is CC(=O)Nc1ccccc1O[C@H]1CCN(S(=O)(=O)c2ccc3c(c2)OCO3)C1. The molecule has 1 fully saturated rings. The van der Waals surface area contributed by atoms with Crippen LogP contribution in [0.1, 0.15) is 13.3 Å². The van der Waals surface area contributed by atoms with Crippen LogP contribution < -0.4 is 19.5 Å². The van der Waals surface area contributed by atoms with Gasteiger partial charge in [-0.25, -0.2) is 8.42 Å². The Morgan fingerprint density at radius 1 is 1.18 bits per heavy atom.